The minimum atomic E-state index is -0.838. The lowest BCUT2D eigenvalue weighted by Gasteiger charge is -2.23. The molecule has 5 nitrogen and oxygen atoms in total. The normalized spacial score (nSPS) is 27.0. The Kier molecular flexibility index (Phi) is 3.78. The minimum Gasteiger partial charge on any atom is -0.481 e. The Morgan fingerprint density at radius 3 is 2.61 bits per heavy atom. The summed E-state index contributed by atoms with van der Waals surface area (Å²) < 4.78 is 0. The molecule has 1 aliphatic carbocycles. The molecule has 2 rings (SSSR count). The van der Waals surface area contributed by atoms with Gasteiger partial charge in [-0.3, -0.25) is 4.79 Å². The lowest BCUT2D eigenvalue weighted by Crippen LogP contribution is -2.35. The van der Waals surface area contributed by atoms with Crippen molar-refractivity contribution in [1.82, 2.24) is 9.80 Å². The third kappa shape index (κ3) is 2.44. The highest BCUT2D eigenvalue weighted by Crippen LogP contribution is 2.33. The molecule has 102 valence electrons. The van der Waals surface area contributed by atoms with Gasteiger partial charge in [-0.1, -0.05) is 19.8 Å². The van der Waals surface area contributed by atoms with Crippen molar-refractivity contribution in [3.8, 4) is 0 Å². The van der Waals surface area contributed by atoms with E-state index in [2.05, 4.69) is 0 Å². The molecule has 0 radical (unpaired) electrons. The van der Waals surface area contributed by atoms with E-state index in [0.717, 1.165) is 0 Å². The van der Waals surface area contributed by atoms with Crippen LogP contribution in [0.5, 0.6) is 0 Å². The number of nitrogens with zero attached hydrogens (tertiary/aromatic N) is 2. The minimum absolute atomic E-state index is 0.0139. The van der Waals surface area contributed by atoms with Gasteiger partial charge in [-0.15, -0.1) is 0 Å². The van der Waals surface area contributed by atoms with E-state index in [9.17, 15) is 9.59 Å². The third-order valence-corrected chi connectivity index (χ3v) is 4.34. The van der Waals surface area contributed by atoms with Crippen molar-refractivity contribution in [2.45, 2.75) is 38.6 Å². The van der Waals surface area contributed by atoms with Crippen LogP contribution in [0.1, 0.15) is 32.6 Å². The van der Waals surface area contributed by atoms with E-state index in [0.29, 0.717) is 19.0 Å². The van der Waals surface area contributed by atoms with Gasteiger partial charge in [0, 0.05) is 20.1 Å². The lowest BCUT2D eigenvalue weighted by atomic mass is 9.98. The average Bonchev–Trinajstić information content (AvgIpc) is 2.92. The van der Waals surface area contributed by atoms with Gasteiger partial charge in [0.1, 0.15) is 0 Å². The molecule has 0 spiro atoms. The third-order valence-electron chi connectivity index (χ3n) is 4.34. The summed E-state index contributed by atoms with van der Waals surface area (Å²) in [5.74, 6) is -0.733. The summed E-state index contributed by atoms with van der Waals surface area (Å²) in [4.78, 5) is 26.5. The molecule has 2 aliphatic rings. The summed E-state index contributed by atoms with van der Waals surface area (Å²) >= 11 is 0. The van der Waals surface area contributed by atoms with Crippen molar-refractivity contribution >= 4 is 12.0 Å². The fraction of sp³-hybridized carbons (Fsp3) is 0.846. The van der Waals surface area contributed by atoms with Crippen LogP contribution in [0.4, 0.5) is 4.79 Å². The number of carboxylic acids is 1. The van der Waals surface area contributed by atoms with Gasteiger partial charge in [0.25, 0.3) is 0 Å². The summed E-state index contributed by atoms with van der Waals surface area (Å²) in [6.45, 7) is 2.66. The molecule has 1 heterocycles. The molecule has 2 unspecified atom stereocenters. The first-order valence-electron chi connectivity index (χ1n) is 6.75. The molecule has 0 aromatic rings. The van der Waals surface area contributed by atoms with Gasteiger partial charge in [0.2, 0.25) is 0 Å². The number of amides is 2. The molecule has 1 aliphatic heterocycles. The van der Waals surface area contributed by atoms with Gasteiger partial charge in [-0.25, -0.2) is 4.79 Å². The van der Waals surface area contributed by atoms with Crippen LogP contribution < -0.4 is 0 Å². The SMILES string of the molecule is CC(CN1CC(C2CCCC2)N(C)C1=O)C(=O)O. The number of likely N-dealkylation sites (N-methyl/N-ethyl adjacent to an activating group) is 1. The maximum atomic E-state index is 12.1. The van der Waals surface area contributed by atoms with Crippen LogP contribution in [0.3, 0.4) is 0 Å². The van der Waals surface area contributed by atoms with Crippen molar-refractivity contribution < 1.29 is 14.7 Å². The first kappa shape index (κ1) is 13.2. The van der Waals surface area contributed by atoms with E-state index in [1.807, 2.05) is 11.9 Å². The predicted octanol–water partition coefficient (Wildman–Crippen LogP) is 1.63. The molecule has 0 aromatic carbocycles. The van der Waals surface area contributed by atoms with Crippen LogP contribution in [-0.2, 0) is 4.79 Å². The molecule has 2 atom stereocenters. The summed E-state index contributed by atoms with van der Waals surface area (Å²) in [5.41, 5.74) is 0. The van der Waals surface area contributed by atoms with Crippen molar-refractivity contribution in [3.05, 3.63) is 0 Å². The van der Waals surface area contributed by atoms with Gasteiger partial charge in [0.05, 0.1) is 12.0 Å². The van der Waals surface area contributed by atoms with E-state index in [1.165, 1.54) is 25.7 Å². The number of rotatable bonds is 4. The van der Waals surface area contributed by atoms with Gasteiger partial charge >= 0.3 is 12.0 Å². The van der Waals surface area contributed by atoms with Gasteiger partial charge in [0.15, 0.2) is 0 Å². The second-order valence-corrected chi connectivity index (χ2v) is 5.65. The zero-order valence-electron chi connectivity index (χ0n) is 11.1. The smallest absolute Gasteiger partial charge is 0.320 e. The van der Waals surface area contributed by atoms with Crippen molar-refractivity contribution in [2.24, 2.45) is 11.8 Å². The fourth-order valence-corrected chi connectivity index (χ4v) is 3.16. The van der Waals surface area contributed by atoms with E-state index >= 15 is 0 Å². The van der Waals surface area contributed by atoms with E-state index < -0.39 is 11.9 Å². The zero-order valence-corrected chi connectivity index (χ0v) is 11.1. The summed E-state index contributed by atoms with van der Waals surface area (Å²) in [7, 11) is 1.84. The molecule has 1 saturated heterocycles. The number of aliphatic carboxylic acids is 1. The summed E-state index contributed by atoms with van der Waals surface area (Å²) in [6, 6.07) is 0.265. The quantitative estimate of drug-likeness (QED) is 0.829. The van der Waals surface area contributed by atoms with Crippen LogP contribution in [0, 0.1) is 11.8 Å². The predicted molar refractivity (Wildman–Crippen MR) is 67.3 cm³/mol. The van der Waals surface area contributed by atoms with E-state index in [4.69, 9.17) is 5.11 Å². The highest BCUT2D eigenvalue weighted by molar-refractivity contribution is 5.78. The molecule has 1 saturated carbocycles. The molecule has 18 heavy (non-hydrogen) atoms. The Bertz CT molecular complexity index is 339. The number of carboxylic acid groups (broad SMARTS) is 1. The first-order chi connectivity index (χ1) is 8.50. The highest BCUT2D eigenvalue weighted by atomic mass is 16.4. The highest BCUT2D eigenvalue weighted by Gasteiger charge is 2.40. The van der Waals surface area contributed by atoms with Crippen molar-refractivity contribution in [2.75, 3.05) is 20.1 Å². The molecule has 1 N–H and O–H groups in total. The Morgan fingerprint density at radius 2 is 2.06 bits per heavy atom. The van der Waals surface area contributed by atoms with E-state index in [1.54, 1.807) is 11.8 Å². The second kappa shape index (κ2) is 5.16. The van der Waals surface area contributed by atoms with Gasteiger partial charge in [-0.05, 0) is 18.8 Å². The molecular formula is C13H22N2O3. The number of hydrogen-bond donors (Lipinski definition) is 1. The number of urea groups is 1. The monoisotopic (exact) mass is 254 g/mol. The van der Waals surface area contributed by atoms with Crippen LogP contribution in [-0.4, -0.2) is 53.1 Å². The molecular weight excluding hydrogens is 232 g/mol. The van der Waals surface area contributed by atoms with Crippen molar-refractivity contribution in [1.29, 1.82) is 0 Å². The standard InChI is InChI=1S/C13H22N2O3/c1-9(12(16)17)7-15-8-11(14(2)13(15)18)10-5-3-4-6-10/h9-11H,3-8H2,1-2H3,(H,16,17). The lowest BCUT2D eigenvalue weighted by molar-refractivity contribution is -0.141. The largest absolute Gasteiger partial charge is 0.481 e. The average molecular weight is 254 g/mol. The van der Waals surface area contributed by atoms with Crippen molar-refractivity contribution in [3.63, 3.8) is 0 Å². The molecule has 2 amide bonds. The Hall–Kier alpha value is -1.26. The van der Waals surface area contributed by atoms with Gasteiger partial charge < -0.3 is 14.9 Å². The van der Waals surface area contributed by atoms with Crippen LogP contribution >= 0.6 is 0 Å². The Labute approximate surface area is 108 Å². The van der Waals surface area contributed by atoms with Crippen LogP contribution in [0.2, 0.25) is 0 Å². The maximum absolute atomic E-state index is 12.1. The Morgan fingerprint density at radius 1 is 1.44 bits per heavy atom. The zero-order chi connectivity index (χ0) is 13.3. The number of carbonyl (C=O) groups is 2. The van der Waals surface area contributed by atoms with E-state index in [-0.39, 0.29) is 12.1 Å². The van der Waals surface area contributed by atoms with Crippen LogP contribution in [0.25, 0.3) is 0 Å². The molecule has 5 heteroatoms. The fourth-order valence-electron chi connectivity index (χ4n) is 3.16. The molecule has 2 fully saturated rings. The first-order valence-corrected chi connectivity index (χ1v) is 6.75. The molecule has 0 bridgehead atoms. The maximum Gasteiger partial charge on any atom is 0.320 e. The summed E-state index contributed by atoms with van der Waals surface area (Å²) in [6.07, 6.45) is 4.92. The Balaban J connectivity index is 1.98. The molecule has 0 aromatic heterocycles. The van der Waals surface area contributed by atoms with Crippen LogP contribution in [0.15, 0.2) is 0 Å². The summed E-state index contributed by atoms with van der Waals surface area (Å²) in [5, 5.41) is 8.92. The second-order valence-electron chi connectivity index (χ2n) is 5.65. The topological polar surface area (TPSA) is 60.9 Å². The van der Waals surface area contributed by atoms with Gasteiger partial charge in [-0.2, -0.15) is 0 Å². The number of carbonyl (C=O) groups excluding carboxylic acids is 1. The number of hydrogen-bond acceptors (Lipinski definition) is 2.